The summed E-state index contributed by atoms with van der Waals surface area (Å²) in [5.41, 5.74) is 1.69. The minimum Gasteiger partial charge on any atom is -0.741 e. The normalized spacial score (nSPS) is 20.3. The third-order valence-corrected chi connectivity index (χ3v) is 3.04. The Kier molecular flexibility index (Phi) is 11.6. The second kappa shape index (κ2) is 11.9. The SMILES string of the molecule is CCNC([S-])=NN=C1CCCCC1=NN=C([S-])NCC.[Zn+2]. The fraction of sp³-hybridized carbons (Fsp3) is 0.667. The summed E-state index contributed by atoms with van der Waals surface area (Å²) in [6.45, 7) is 5.40. The van der Waals surface area contributed by atoms with Gasteiger partial charge in [0.05, 0.1) is 11.4 Å². The molecule has 0 unspecified atom stereocenters. The topological polar surface area (TPSA) is 73.5 Å². The van der Waals surface area contributed by atoms with Crippen molar-refractivity contribution in [3.05, 3.63) is 0 Å². The Balaban J connectivity index is 0.00000400. The Hall–Kier alpha value is -0.657. The molecule has 1 aliphatic carbocycles. The van der Waals surface area contributed by atoms with E-state index < -0.39 is 0 Å². The molecule has 0 spiro atoms. The van der Waals surface area contributed by atoms with Crippen LogP contribution in [0.1, 0.15) is 39.5 Å². The first-order chi connectivity index (χ1) is 9.67. The van der Waals surface area contributed by atoms with Crippen molar-refractivity contribution < 1.29 is 19.5 Å². The molecule has 1 aliphatic rings. The predicted molar refractivity (Wildman–Crippen MR) is 90.3 cm³/mol. The molecule has 0 heterocycles. The molecule has 6 nitrogen and oxygen atoms in total. The molecule has 2 N–H and O–H groups in total. The average molecular weight is 378 g/mol. The van der Waals surface area contributed by atoms with E-state index >= 15 is 0 Å². The van der Waals surface area contributed by atoms with E-state index in [0.717, 1.165) is 50.2 Å². The van der Waals surface area contributed by atoms with E-state index in [0.29, 0.717) is 10.3 Å². The summed E-state index contributed by atoms with van der Waals surface area (Å²) in [5.74, 6) is 0. The van der Waals surface area contributed by atoms with Crippen molar-refractivity contribution in [2.45, 2.75) is 39.5 Å². The number of nitrogens with zero attached hydrogens (tertiary/aromatic N) is 4. The van der Waals surface area contributed by atoms with Gasteiger partial charge in [-0.25, -0.2) is 0 Å². The number of hydrogen-bond acceptors (Lipinski definition) is 6. The summed E-state index contributed by atoms with van der Waals surface area (Å²) in [4.78, 5) is 0. The molecule has 0 bridgehead atoms. The van der Waals surface area contributed by atoms with Gasteiger partial charge in [-0.2, -0.15) is 20.4 Å². The third kappa shape index (κ3) is 8.38. The molecule has 0 aromatic rings. The van der Waals surface area contributed by atoms with Crippen LogP contribution in [0.25, 0.3) is 0 Å². The van der Waals surface area contributed by atoms with Gasteiger partial charge >= 0.3 is 19.5 Å². The van der Waals surface area contributed by atoms with Gasteiger partial charge in [-0.3, -0.25) is 0 Å². The zero-order chi connectivity index (χ0) is 14.8. The van der Waals surface area contributed by atoms with Gasteiger partial charge in [0, 0.05) is 13.1 Å². The summed E-state index contributed by atoms with van der Waals surface area (Å²) >= 11 is 10.0. The van der Waals surface area contributed by atoms with E-state index in [1.165, 1.54) is 0 Å². The Morgan fingerprint density at radius 1 is 0.905 bits per heavy atom. The maximum Gasteiger partial charge on any atom is 2.00 e. The van der Waals surface area contributed by atoms with E-state index in [1.54, 1.807) is 0 Å². The summed E-state index contributed by atoms with van der Waals surface area (Å²) < 4.78 is 0. The van der Waals surface area contributed by atoms with Gasteiger partial charge in [-0.15, -0.1) is 0 Å². The van der Waals surface area contributed by atoms with Crippen molar-refractivity contribution in [1.82, 2.24) is 10.6 Å². The molecule has 1 rings (SSSR count). The van der Waals surface area contributed by atoms with Crippen LogP contribution in [0.2, 0.25) is 0 Å². The number of rotatable bonds is 4. The first-order valence-electron chi connectivity index (χ1n) is 6.78. The predicted octanol–water partition coefficient (Wildman–Crippen LogP) is 1.29. The first-order valence-corrected chi connectivity index (χ1v) is 7.60. The van der Waals surface area contributed by atoms with Crippen LogP contribution < -0.4 is 10.6 Å². The Labute approximate surface area is 150 Å². The molecule has 112 valence electrons. The van der Waals surface area contributed by atoms with Gasteiger partial charge in [-0.05, 0) is 49.9 Å². The Morgan fingerprint density at radius 3 is 1.62 bits per heavy atom. The van der Waals surface area contributed by atoms with Crippen LogP contribution in [0, 0.1) is 0 Å². The molecular formula is C12H20N6S2Zn. The number of amidine groups is 2. The molecule has 0 radical (unpaired) electrons. The molecule has 1 saturated carbocycles. The summed E-state index contributed by atoms with van der Waals surface area (Å²) in [6.07, 6.45) is 3.86. The van der Waals surface area contributed by atoms with Gasteiger partial charge in [0.25, 0.3) is 0 Å². The minimum atomic E-state index is 0. The maximum absolute atomic E-state index is 5.02. The Bertz CT molecular complexity index is 393. The fourth-order valence-electron chi connectivity index (χ4n) is 1.67. The van der Waals surface area contributed by atoms with Crippen molar-refractivity contribution in [1.29, 1.82) is 0 Å². The molecule has 0 aromatic carbocycles. The molecule has 0 atom stereocenters. The largest absolute Gasteiger partial charge is 2.00 e. The Morgan fingerprint density at radius 2 is 1.29 bits per heavy atom. The molecule has 0 aliphatic heterocycles. The van der Waals surface area contributed by atoms with Crippen LogP contribution in [0.3, 0.4) is 0 Å². The van der Waals surface area contributed by atoms with Crippen LogP contribution in [0.15, 0.2) is 20.4 Å². The van der Waals surface area contributed by atoms with E-state index in [9.17, 15) is 0 Å². The van der Waals surface area contributed by atoms with Crippen molar-refractivity contribution in [3.8, 4) is 0 Å². The molecule has 21 heavy (non-hydrogen) atoms. The molecular weight excluding hydrogens is 358 g/mol. The average Bonchev–Trinajstić information content (AvgIpc) is 2.44. The van der Waals surface area contributed by atoms with Gasteiger partial charge in [0.2, 0.25) is 0 Å². The van der Waals surface area contributed by atoms with Crippen LogP contribution >= 0.6 is 0 Å². The van der Waals surface area contributed by atoms with Gasteiger partial charge in [0.1, 0.15) is 0 Å². The molecule has 9 heteroatoms. The van der Waals surface area contributed by atoms with Crippen molar-refractivity contribution in [2.24, 2.45) is 20.4 Å². The van der Waals surface area contributed by atoms with E-state index in [1.807, 2.05) is 13.8 Å². The summed E-state index contributed by atoms with van der Waals surface area (Å²) in [6, 6.07) is 0. The van der Waals surface area contributed by atoms with Gasteiger partial charge in [0.15, 0.2) is 0 Å². The molecule has 0 saturated heterocycles. The smallest absolute Gasteiger partial charge is 0.741 e. The van der Waals surface area contributed by atoms with Crippen molar-refractivity contribution in [3.63, 3.8) is 0 Å². The van der Waals surface area contributed by atoms with Crippen LogP contribution in [0.4, 0.5) is 0 Å². The zero-order valence-electron chi connectivity index (χ0n) is 12.6. The fourth-order valence-corrected chi connectivity index (χ4v) is 2.04. The van der Waals surface area contributed by atoms with Crippen molar-refractivity contribution >= 4 is 47.0 Å². The second-order valence-corrected chi connectivity index (χ2v) is 4.94. The summed E-state index contributed by atoms with van der Waals surface area (Å²) in [7, 11) is 0. The molecule has 0 amide bonds. The van der Waals surface area contributed by atoms with Crippen LogP contribution in [-0.2, 0) is 44.7 Å². The van der Waals surface area contributed by atoms with Gasteiger partial charge in [-0.1, -0.05) is 0 Å². The first kappa shape index (κ1) is 20.3. The van der Waals surface area contributed by atoms with E-state index in [4.69, 9.17) is 25.3 Å². The summed E-state index contributed by atoms with van der Waals surface area (Å²) in [5, 5.41) is 23.0. The minimum absolute atomic E-state index is 0. The number of nitrogens with one attached hydrogen (secondary N) is 2. The van der Waals surface area contributed by atoms with Gasteiger partial charge < -0.3 is 35.9 Å². The zero-order valence-corrected chi connectivity index (χ0v) is 17.2. The van der Waals surface area contributed by atoms with Crippen LogP contribution in [-0.4, -0.2) is 34.8 Å². The molecule has 1 fully saturated rings. The van der Waals surface area contributed by atoms with E-state index in [2.05, 4.69) is 31.0 Å². The third-order valence-electron chi connectivity index (χ3n) is 2.59. The standard InChI is InChI=1S/C12H22N6S2.Zn/c1-3-13-11(19)17-15-9-7-5-6-8-10(9)16-18-12(20)14-4-2;/h3-8H2,1-2H3,(H2,13,17,19)(H2,14,18,20);/q;+2/p-2. The monoisotopic (exact) mass is 376 g/mol. The van der Waals surface area contributed by atoms with Crippen molar-refractivity contribution in [2.75, 3.05) is 13.1 Å². The quantitative estimate of drug-likeness (QED) is 0.254. The second-order valence-electron chi connectivity index (χ2n) is 4.17. The maximum atomic E-state index is 5.02. The number of hydrogen-bond donors (Lipinski definition) is 2. The van der Waals surface area contributed by atoms with Crippen LogP contribution in [0.5, 0.6) is 0 Å². The van der Waals surface area contributed by atoms with E-state index in [-0.39, 0.29) is 19.5 Å². The molecule has 0 aromatic heterocycles.